The highest BCUT2D eigenvalue weighted by Crippen LogP contribution is 2.08. The quantitative estimate of drug-likeness (QED) is 0.416. The topological polar surface area (TPSA) is 51.0 Å². The number of esters is 1. The molecule has 0 aliphatic heterocycles. The van der Waals surface area contributed by atoms with E-state index in [4.69, 9.17) is 4.74 Å². The van der Waals surface area contributed by atoms with Crippen molar-refractivity contribution in [3.8, 4) is 5.75 Å². The summed E-state index contributed by atoms with van der Waals surface area (Å²) in [4.78, 5) is 11.1. The Morgan fingerprint density at radius 2 is 2.00 bits per heavy atom. The SMILES string of the molecule is CCN=NCC(=O)Oc1ccccc1. The van der Waals surface area contributed by atoms with Gasteiger partial charge in [0.25, 0.3) is 0 Å². The molecule has 0 heterocycles. The van der Waals surface area contributed by atoms with Crippen molar-refractivity contribution in [2.24, 2.45) is 10.2 Å². The van der Waals surface area contributed by atoms with E-state index in [9.17, 15) is 4.79 Å². The number of carbonyl (C=O) groups excluding carboxylic acids is 1. The molecule has 0 amide bonds. The van der Waals surface area contributed by atoms with Crippen LogP contribution in [0.3, 0.4) is 0 Å². The van der Waals surface area contributed by atoms with Crippen LogP contribution in [0.15, 0.2) is 40.6 Å². The maximum Gasteiger partial charge on any atom is 0.335 e. The molecule has 0 aliphatic rings. The number of nitrogens with zero attached hydrogens (tertiary/aromatic N) is 2. The zero-order chi connectivity index (χ0) is 10.2. The van der Waals surface area contributed by atoms with Crippen LogP contribution in [0, 0.1) is 0 Å². The monoisotopic (exact) mass is 192 g/mol. The molecule has 0 saturated carbocycles. The predicted molar refractivity (Wildman–Crippen MR) is 52.3 cm³/mol. The van der Waals surface area contributed by atoms with Crippen LogP contribution in [0.25, 0.3) is 0 Å². The van der Waals surface area contributed by atoms with Crippen molar-refractivity contribution >= 4 is 5.97 Å². The van der Waals surface area contributed by atoms with Gasteiger partial charge in [0.05, 0.1) is 6.54 Å². The second-order valence-electron chi connectivity index (χ2n) is 2.54. The van der Waals surface area contributed by atoms with Crippen LogP contribution in [0.5, 0.6) is 5.75 Å². The van der Waals surface area contributed by atoms with Crippen molar-refractivity contribution in [3.63, 3.8) is 0 Å². The Bertz CT molecular complexity index is 309. The molecule has 0 aliphatic carbocycles. The fourth-order valence-corrected chi connectivity index (χ4v) is 0.860. The van der Waals surface area contributed by atoms with Crippen molar-refractivity contribution < 1.29 is 9.53 Å². The highest BCUT2D eigenvalue weighted by molar-refractivity contribution is 5.74. The van der Waals surface area contributed by atoms with Crippen molar-refractivity contribution in [1.82, 2.24) is 0 Å². The van der Waals surface area contributed by atoms with Gasteiger partial charge in [-0.25, -0.2) is 4.79 Å². The molecule has 0 bridgehead atoms. The Morgan fingerprint density at radius 3 is 2.64 bits per heavy atom. The molecule has 0 atom stereocenters. The van der Waals surface area contributed by atoms with E-state index in [1.165, 1.54) is 0 Å². The molecule has 1 aromatic carbocycles. The van der Waals surface area contributed by atoms with Crippen LogP contribution in [0.4, 0.5) is 0 Å². The van der Waals surface area contributed by atoms with Gasteiger partial charge >= 0.3 is 5.97 Å². The zero-order valence-electron chi connectivity index (χ0n) is 8.01. The van der Waals surface area contributed by atoms with Crippen molar-refractivity contribution in [2.75, 3.05) is 13.1 Å². The molecule has 0 radical (unpaired) electrons. The first-order valence-electron chi connectivity index (χ1n) is 4.42. The molecule has 0 unspecified atom stereocenters. The lowest BCUT2D eigenvalue weighted by Crippen LogP contribution is -2.10. The minimum atomic E-state index is -0.395. The Kier molecular flexibility index (Phi) is 4.34. The van der Waals surface area contributed by atoms with E-state index in [2.05, 4.69) is 10.2 Å². The van der Waals surface area contributed by atoms with Gasteiger partial charge in [0, 0.05) is 0 Å². The second kappa shape index (κ2) is 5.85. The van der Waals surface area contributed by atoms with Crippen LogP contribution in [0.1, 0.15) is 6.92 Å². The largest absolute Gasteiger partial charge is 0.425 e. The molecule has 0 N–H and O–H groups in total. The summed E-state index contributed by atoms with van der Waals surface area (Å²) >= 11 is 0. The molecule has 74 valence electrons. The fraction of sp³-hybridized carbons (Fsp3) is 0.300. The van der Waals surface area contributed by atoms with E-state index >= 15 is 0 Å². The molecule has 0 aromatic heterocycles. The first-order valence-corrected chi connectivity index (χ1v) is 4.42. The highest BCUT2D eigenvalue weighted by Gasteiger charge is 2.01. The maximum atomic E-state index is 11.1. The smallest absolute Gasteiger partial charge is 0.335 e. The number of para-hydroxylation sites is 1. The Balaban J connectivity index is 2.38. The Labute approximate surface area is 82.6 Å². The molecule has 4 heteroatoms. The molecule has 0 fully saturated rings. The van der Waals surface area contributed by atoms with Gasteiger partial charge in [0.15, 0.2) is 6.54 Å². The number of azo groups is 1. The predicted octanol–water partition coefficient (Wildman–Crippen LogP) is 2.06. The van der Waals surface area contributed by atoms with Crippen LogP contribution in [-0.4, -0.2) is 19.1 Å². The van der Waals surface area contributed by atoms with Gasteiger partial charge in [0.1, 0.15) is 5.75 Å². The van der Waals surface area contributed by atoms with Gasteiger partial charge in [-0.15, -0.1) is 0 Å². The number of benzene rings is 1. The lowest BCUT2D eigenvalue weighted by atomic mass is 10.3. The van der Waals surface area contributed by atoms with Crippen molar-refractivity contribution in [3.05, 3.63) is 30.3 Å². The summed E-state index contributed by atoms with van der Waals surface area (Å²) in [5.41, 5.74) is 0. The van der Waals surface area contributed by atoms with E-state index < -0.39 is 5.97 Å². The summed E-state index contributed by atoms with van der Waals surface area (Å²) in [6.07, 6.45) is 0. The van der Waals surface area contributed by atoms with Gasteiger partial charge in [-0.05, 0) is 19.1 Å². The molecule has 14 heavy (non-hydrogen) atoms. The first-order chi connectivity index (χ1) is 6.83. The van der Waals surface area contributed by atoms with E-state index in [0.29, 0.717) is 12.3 Å². The summed E-state index contributed by atoms with van der Waals surface area (Å²) < 4.78 is 4.97. The lowest BCUT2D eigenvalue weighted by molar-refractivity contribution is -0.132. The average molecular weight is 192 g/mol. The van der Waals surface area contributed by atoms with Gasteiger partial charge in [-0.3, -0.25) is 0 Å². The molecule has 1 aromatic rings. The molecule has 4 nitrogen and oxygen atoms in total. The number of ether oxygens (including phenoxy) is 1. The average Bonchev–Trinajstić information content (AvgIpc) is 2.20. The first kappa shape index (κ1) is 10.4. The number of carbonyl (C=O) groups is 1. The lowest BCUT2D eigenvalue weighted by Gasteiger charge is -2.00. The van der Waals surface area contributed by atoms with E-state index in [-0.39, 0.29) is 6.54 Å². The molecule has 0 spiro atoms. The summed E-state index contributed by atoms with van der Waals surface area (Å²) in [5, 5.41) is 7.31. The molecular weight excluding hydrogens is 180 g/mol. The standard InChI is InChI=1S/C10H12N2O2/c1-2-11-12-8-10(13)14-9-6-4-3-5-7-9/h3-7H,2,8H2,1H3. The summed E-state index contributed by atoms with van der Waals surface area (Å²) in [6, 6.07) is 8.89. The molecule has 0 saturated heterocycles. The maximum absolute atomic E-state index is 11.1. The Hall–Kier alpha value is -1.71. The van der Waals surface area contributed by atoms with Crippen molar-refractivity contribution in [2.45, 2.75) is 6.92 Å². The van der Waals surface area contributed by atoms with E-state index in [1.807, 2.05) is 13.0 Å². The van der Waals surface area contributed by atoms with E-state index in [0.717, 1.165) is 0 Å². The number of rotatable bonds is 4. The van der Waals surface area contributed by atoms with Gasteiger partial charge < -0.3 is 4.74 Å². The molecule has 1 rings (SSSR count). The fourth-order valence-electron chi connectivity index (χ4n) is 0.860. The minimum absolute atomic E-state index is 0.0251. The van der Waals surface area contributed by atoms with Crippen LogP contribution < -0.4 is 4.74 Å². The van der Waals surface area contributed by atoms with Crippen LogP contribution in [0.2, 0.25) is 0 Å². The van der Waals surface area contributed by atoms with Gasteiger partial charge in [-0.1, -0.05) is 18.2 Å². The minimum Gasteiger partial charge on any atom is -0.425 e. The normalized spacial score (nSPS) is 10.4. The van der Waals surface area contributed by atoms with Crippen LogP contribution >= 0.6 is 0 Å². The van der Waals surface area contributed by atoms with Crippen LogP contribution in [-0.2, 0) is 4.79 Å². The van der Waals surface area contributed by atoms with Gasteiger partial charge in [-0.2, -0.15) is 10.2 Å². The van der Waals surface area contributed by atoms with E-state index in [1.54, 1.807) is 24.3 Å². The third kappa shape index (κ3) is 3.80. The summed E-state index contributed by atoms with van der Waals surface area (Å²) in [6.45, 7) is 2.41. The third-order valence-corrected chi connectivity index (χ3v) is 1.42. The van der Waals surface area contributed by atoms with Gasteiger partial charge in [0.2, 0.25) is 0 Å². The van der Waals surface area contributed by atoms with Crippen molar-refractivity contribution in [1.29, 1.82) is 0 Å². The third-order valence-electron chi connectivity index (χ3n) is 1.42. The highest BCUT2D eigenvalue weighted by atomic mass is 16.5. The summed E-state index contributed by atoms with van der Waals surface area (Å²) in [5.74, 6) is 0.137. The second-order valence-corrected chi connectivity index (χ2v) is 2.54. The number of hydrogen-bond donors (Lipinski definition) is 0. The summed E-state index contributed by atoms with van der Waals surface area (Å²) in [7, 11) is 0. The zero-order valence-corrected chi connectivity index (χ0v) is 8.01. The molecular formula is C10H12N2O2. The number of hydrogen-bond acceptors (Lipinski definition) is 4. The Morgan fingerprint density at radius 1 is 1.29 bits per heavy atom.